The Kier molecular flexibility index (Phi) is 1.97. The lowest BCUT2D eigenvalue weighted by Crippen LogP contribution is -2.76. The van der Waals surface area contributed by atoms with Gasteiger partial charge in [0.1, 0.15) is 0 Å². The third-order valence-corrected chi connectivity index (χ3v) is 4.67. The summed E-state index contributed by atoms with van der Waals surface area (Å²) in [5.41, 5.74) is 6.04. The zero-order valence-electron chi connectivity index (χ0n) is 9.45. The van der Waals surface area contributed by atoms with Crippen molar-refractivity contribution >= 4 is 0 Å². The molecule has 4 rings (SSSR count). The Hall–Kier alpha value is -0.160. The van der Waals surface area contributed by atoms with E-state index in [-0.39, 0.29) is 17.1 Å². The van der Waals surface area contributed by atoms with Crippen LogP contribution in [-0.2, 0) is 0 Å². The van der Waals surface area contributed by atoms with Crippen LogP contribution in [-0.4, -0.2) is 65.8 Å². The summed E-state index contributed by atoms with van der Waals surface area (Å²) in [5, 5.41) is 10.5. The second-order valence-electron chi connectivity index (χ2n) is 5.77. The third kappa shape index (κ3) is 1.22. The van der Waals surface area contributed by atoms with Gasteiger partial charge in [0.25, 0.3) is 0 Å². The number of nitrogens with zero attached hydrogens (tertiary/aromatic N) is 2. The van der Waals surface area contributed by atoms with Crippen LogP contribution in [0.3, 0.4) is 0 Å². The van der Waals surface area contributed by atoms with Crippen molar-refractivity contribution in [3.63, 3.8) is 0 Å². The van der Waals surface area contributed by atoms with E-state index >= 15 is 0 Å². The first-order valence-corrected chi connectivity index (χ1v) is 6.00. The number of aliphatic hydroxyl groups is 1. The maximum absolute atomic E-state index is 10.5. The van der Waals surface area contributed by atoms with Gasteiger partial charge >= 0.3 is 0 Å². The molecule has 4 bridgehead atoms. The average Bonchev–Trinajstić information content (AvgIpc) is 2.41. The van der Waals surface area contributed by atoms with Crippen LogP contribution in [0.1, 0.15) is 13.3 Å². The van der Waals surface area contributed by atoms with Gasteiger partial charge in [0, 0.05) is 44.7 Å². The Morgan fingerprint density at radius 2 is 1.73 bits per heavy atom. The third-order valence-electron chi connectivity index (χ3n) is 4.67. The van der Waals surface area contributed by atoms with Gasteiger partial charge in [0.15, 0.2) is 0 Å². The maximum Gasteiger partial charge on any atom is 0.0825 e. The average molecular weight is 211 g/mol. The van der Waals surface area contributed by atoms with Crippen LogP contribution in [0.25, 0.3) is 0 Å². The first-order valence-electron chi connectivity index (χ1n) is 6.00. The predicted molar refractivity (Wildman–Crippen MR) is 58.5 cm³/mol. The van der Waals surface area contributed by atoms with Gasteiger partial charge in [-0.15, -0.1) is 0 Å². The van der Waals surface area contributed by atoms with Gasteiger partial charge in [-0.1, -0.05) is 6.92 Å². The van der Waals surface area contributed by atoms with Crippen LogP contribution in [0.2, 0.25) is 0 Å². The second-order valence-corrected chi connectivity index (χ2v) is 5.77. The molecule has 4 fully saturated rings. The first-order chi connectivity index (χ1) is 7.08. The molecular weight excluding hydrogens is 190 g/mol. The zero-order chi connectivity index (χ0) is 10.7. The van der Waals surface area contributed by atoms with Gasteiger partial charge in [-0.3, -0.25) is 9.80 Å². The van der Waals surface area contributed by atoms with E-state index in [1.54, 1.807) is 0 Å². The summed E-state index contributed by atoms with van der Waals surface area (Å²) in [6.45, 7) is 8.21. The van der Waals surface area contributed by atoms with Crippen molar-refractivity contribution in [1.29, 1.82) is 0 Å². The number of piperidine rings is 2. The molecule has 4 nitrogen and oxygen atoms in total. The van der Waals surface area contributed by atoms with Gasteiger partial charge in [0.05, 0.1) is 11.6 Å². The highest BCUT2D eigenvalue weighted by molar-refractivity contribution is 5.15. The summed E-state index contributed by atoms with van der Waals surface area (Å²) in [5.74, 6) is 0. The Morgan fingerprint density at radius 1 is 1.20 bits per heavy atom. The van der Waals surface area contributed by atoms with Crippen molar-refractivity contribution in [3.8, 4) is 0 Å². The predicted octanol–water partition coefficient (Wildman–Crippen LogP) is -0.914. The number of nitrogens with two attached hydrogens (primary N) is 1. The molecule has 4 aliphatic rings. The number of hydrogen-bond acceptors (Lipinski definition) is 4. The van der Waals surface area contributed by atoms with Crippen molar-refractivity contribution in [2.45, 2.75) is 25.0 Å². The van der Waals surface area contributed by atoms with Gasteiger partial charge in [0.2, 0.25) is 0 Å². The minimum Gasteiger partial charge on any atom is -0.390 e. The molecule has 0 saturated carbocycles. The Bertz CT molecular complexity index is 265. The molecule has 3 unspecified atom stereocenters. The SMILES string of the molecule is CCC12CN3CCN(CC(N)(C3)C1O)C2. The van der Waals surface area contributed by atoms with Crippen molar-refractivity contribution in [1.82, 2.24) is 9.80 Å². The van der Waals surface area contributed by atoms with Gasteiger partial charge in [-0.25, -0.2) is 0 Å². The Balaban J connectivity index is 2.04. The second kappa shape index (κ2) is 2.94. The molecule has 0 aromatic heterocycles. The van der Waals surface area contributed by atoms with E-state index in [0.717, 1.165) is 45.7 Å². The molecule has 0 radical (unpaired) electrons. The molecule has 4 heteroatoms. The number of aliphatic hydroxyl groups excluding tert-OH is 1. The summed E-state index contributed by atoms with van der Waals surface area (Å²) in [6, 6.07) is 0. The maximum atomic E-state index is 10.5. The molecule has 4 heterocycles. The fourth-order valence-corrected chi connectivity index (χ4v) is 3.91. The Morgan fingerprint density at radius 3 is 2.20 bits per heavy atom. The molecular formula is C11H21N3O. The van der Waals surface area contributed by atoms with Gasteiger partial charge < -0.3 is 10.8 Å². The summed E-state index contributed by atoms with van der Waals surface area (Å²) in [7, 11) is 0. The molecule has 4 aliphatic heterocycles. The van der Waals surface area contributed by atoms with Gasteiger partial charge in [-0.05, 0) is 6.42 Å². The minimum absolute atomic E-state index is 0.0295. The summed E-state index contributed by atoms with van der Waals surface area (Å²) < 4.78 is 0. The van der Waals surface area contributed by atoms with Crippen LogP contribution in [0, 0.1) is 5.41 Å². The molecule has 0 aromatic rings. The fraction of sp³-hybridized carbons (Fsp3) is 1.00. The lowest BCUT2D eigenvalue weighted by atomic mass is 9.65. The molecule has 0 aromatic carbocycles. The minimum atomic E-state index is -0.386. The van der Waals surface area contributed by atoms with Crippen LogP contribution < -0.4 is 5.73 Å². The zero-order valence-corrected chi connectivity index (χ0v) is 9.45. The van der Waals surface area contributed by atoms with Crippen LogP contribution in [0.4, 0.5) is 0 Å². The standard InChI is InChI=1S/C11H21N3O/c1-2-10-5-13-3-4-14(6-10)8-11(12,7-13)9(10)15/h9,15H,2-8,12H2,1H3. The first kappa shape index (κ1) is 10.0. The Labute approximate surface area is 91.0 Å². The van der Waals surface area contributed by atoms with Gasteiger partial charge in [-0.2, -0.15) is 0 Å². The van der Waals surface area contributed by atoms with Crippen molar-refractivity contribution in [2.75, 3.05) is 39.3 Å². The molecule has 3 N–H and O–H groups in total. The summed E-state index contributed by atoms with van der Waals surface area (Å²) >= 11 is 0. The molecule has 3 atom stereocenters. The lowest BCUT2D eigenvalue weighted by molar-refractivity contribution is -0.130. The molecule has 0 spiro atoms. The normalized spacial score (nSPS) is 58.2. The molecule has 4 saturated heterocycles. The topological polar surface area (TPSA) is 52.7 Å². The molecule has 86 valence electrons. The highest BCUT2D eigenvalue weighted by Gasteiger charge is 2.58. The van der Waals surface area contributed by atoms with Crippen molar-refractivity contribution < 1.29 is 5.11 Å². The van der Waals surface area contributed by atoms with E-state index in [9.17, 15) is 5.11 Å². The van der Waals surface area contributed by atoms with E-state index in [4.69, 9.17) is 5.73 Å². The van der Waals surface area contributed by atoms with Crippen molar-refractivity contribution in [3.05, 3.63) is 0 Å². The van der Waals surface area contributed by atoms with E-state index in [1.807, 2.05) is 0 Å². The van der Waals surface area contributed by atoms with Crippen molar-refractivity contribution in [2.24, 2.45) is 11.1 Å². The smallest absolute Gasteiger partial charge is 0.0825 e. The van der Waals surface area contributed by atoms with Crippen LogP contribution in [0.5, 0.6) is 0 Å². The highest BCUT2D eigenvalue weighted by atomic mass is 16.3. The largest absolute Gasteiger partial charge is 0.390 e. The molecule has 15 heavy (non-hydrogen) atoms. The summed E-state index contributed by atoms with van der Waals surface area (Å²) in [4.78, 5) is 4.90. The van der Waals surface area contributed by atoms with E-state index in [2.05, 4.69) is 16.7 Å². The van der Waals surface area contributed by atoms with E-state index in [0.29, 0.717) is 0 Å². The number of rotatable bonds is 1. The highest BCUT2D eigenvalue weighted by Crippen LogP contribution is 2.43. The molecule has 0 amide bonds. The fourth-order valence-electron chi connectivity index (χ4n) is 3.91. The van der Waals surface area contributed by atoms with E-state index in [1.165, 1.54) is 0 Å². The number of hydrogen-bond donors (Lipinski definition) is 2. The monoisotopic (exact) mass is 211 g/mol. The number of fused-ring (bicyclic) bond motifs is 1. The summed E-state index contributed by atoms with van der Waals surface area (Å²) in [6.07, 6.45) is 0.709. The van der Waals surface area contributed by atoms with Crippen LogP contribution >= 0.6 is 0 Å². The van der Waals surface area contributed by atoms with E-state index < -0.39 is 0 Å². The lowest BCUT2D eigenvalue weighted by Gasteiger charge is -2.58. The molecule has 0 aliphatic carbocycles. The quantitative estimate of drug-likeness (QED) is 0.589. The van der Waals surface area contributed by atoms with Crippen LogP contribution in [0.15, 0.2) is 0 Å².